The van der Waals surface area contributed by atoms with Gasteiger partial charge in [-0.2, -0.15) is 0 Å². The van der Waals surface area contributed by atoms with Gasteiger partial charge in [0.1, 0.15) is 0 Å². The summed E-state index contributed by atoms with van der Waals surface area (Å²) in [7, 11) is 0. The summed E-state index contributed by atoms with van der Waals surface area (Å²) < 4.78 is 0. The molecule has 0 aliphatic heterocycles. The van der Waals surface area contributed by atoms with Crippen LogP contribution in [0.15, 0.2) is 0 Å². The molecule has 0 radical (unpaired) electrons. The zero-order chi connectivity index (χ0) is 12.2. The lowest BCUT2D eigenvalue weighted by Crippen LogP contribution is -2.27. The van der Waals surface area contributed by atoms with Crippen LogP contribution in [0.5, 0.6) is 0 Å². The third-order valence-corrected chi connectivity index (χ3v) is 3.27. The Balaban J connectivity index is 3.23. The minimum atomic E-state index is 0.691. The molecule has 2 nitrogen and oxygen atoms in total. The van der Waals surface area contributed by atoms with Crippen LogP contribution in [0.1, 0.15) is 65.7 Å². The van der Waals surface area contributed by atoms with Crippen LogP contribution in [0, 0.1) is 5.92 Å². The van der Waals surface area contributed by atoms with E-state index in [2.05, 4.69) is 26.1 Å². The molecule has 2 unspecified atom stereocenters. The van der Waals surface area contributed by atoms with Gasteiger partial charge in [0.15, 0.2) is 0 Å². The number of nitrogens with two attached hydrogens (primary N) is 1. The second kappa shape index (κ2) is 11.4. The van der Waals surface area contributed by atoms with Crippen molar-refractivity contribution in [3.8, 4) is 0 Å². The lowest BCUT2D eigenvalue weighted by molar-refractivity contribution is 0.437. The van der Waals surface area contributed by atoms with Gasteiger partial charge in [0, 0.05) is 6.04 Å². The van der Waals surface area contributed by atoms with Crippen LogP contribution < -0.4 is 11.1 Å². The van der Waals surface area contributed by atoms with Crippen LogP contribution >= 0.6 is 0 Å². The molecule has 0 saturated carbocycles. The molecule has 0 amide bonds. The lowest BCUT2D eigenvalue weighted by Gasteiger charge is -2.14. The van der Waals surface area contributed by atoms with Gasteiger partial charge in [-0.25, -0.2) is 0 Å². The standard InChI is InChI=1S/C14H32N2/c1-4-5-6-9-14(3)16-12-7-8-13(2)10-11-15/h13-14,16H,4-12,15H2,1-3H3. The average molecular weight is 228 g/mol. The molecule has 98 valence electrons. The lowest BCUT2D eigenvalue weighted by atomic mass is 10.0. The zero-order valence-corrected chi connectivity index (χ0v) is 11.6. The first-order chi connectivity index (χ1) is 7.70. The van der Waals surface area contributed by atoms with Gasteiger partial charge >= 0.3 is 0 Å². The molecule has 0 aromatic heterocycles. The summed E-state index contributed by atoms with van der Waals surface area (Å²) in [6.07, 6.45) is 9.17. The number of rotatable bonds is 11. The van der Waals surface area contributed by atoms with E-state index >= 15 is 0 Å². The fraction of sp³-hybridized carbons (Fsp3) is 1.00. The Kier molecular flexibility index (Phi) is 11.3. The van der Waals surface area contributed by atoms with E-state index in [1.165, 1.54) is 51.5 Å². The fourth-order valence-electron chi connectivity index (χ4n) is 2.03. The number of hydrogen-bond acceptors (Lipinski definition) is 2. The summed E-state index contributed by atoms with van der Waals surface area (Å²) in [5.74, 6) is 0.794. The average Bonchev–Trinajstić information content (AvgIpc) is 2.25. The van der Waals surface area contributed by atoms with Crippen molar-refractivity contribution < 1.29 is 0 Å². The molecule has 0 aromatic rings. The van der Waals surface area contributed by atoms with Gasteiger partial charge in [-0.15, -0.1) is 0 Å². The van der Waals surface area contributed by atoms with E-state index in [1.807, 2.05) is 0 Å². The van der Waals surface area contributed by atoms with Gasteiger partial charge in [-0.1, -0.05) is 33.1 Å². The quantitative estimate of drug-likeness (QED) is 0.532. The summed E-state index contributed by atoms with van der Waals surface area (Å²) in [6.45, 7) is 8.87. The highest BCUT2D eigenvalue weighted by Gasteiger charge is 2.02. The molecular weight excluding hydrogens is 196 g/mol. The second-order valence-electron chi connectivity index (χ2n) is 5.18. The SMILES string of the molecule is CCCCCC(C)NCCCC(C)CCN. The highest BCUT2D eigenvalue weighted by Crippen LogP contribution is 2.08. The molecule has 0 aromatic carbocycles. The highest BCUT2D eigenvalue weighted by atomic mass is 14.9. The maximum Gasteiger partial charge on any atom is 0.00387 e. The van der Waals surface area contributed by atoms with Crippen LogP contribution in [0.2, 0.25) is 0 Å². The van der Waals surface area contributed by atoms with E-state index in [1.54, 1.807) is 0 Å². The van der Waals surface area contributed by atoms with E-state index in [9.17, 15) is 0 Å². The van der Waals surface area contributed by atoms with E-state index < -0.39 is 0 Å². The summed E-state index contributed by atoms with van der Waals surface area (Å²) in [4.78, 5) is 0. The second-order valence-corrected chi connectivity index (χ2v) is 5.18. The van der Waals surface area contributed by atoms with Crippen molar-refractivity contribution in [3.05, 3.63) is 0 Å². The molecule has 16 heavy (non-hydrogen) atoms. The Morgan fingerprint density at radius 2 is 1.75 bits per heavy atom. The van der Waals surface area contributed by atoms with Crippen LogP contribution in [0.3, 0.4) is 0 Å². The molecule has 0 bridgehead atoms. The summed E-state index contributed by atoms with van der Waals surface area (Å²) in [5, 5.41) is 3.61. The Bertz CT molecular complexity index is 137. The van der Waals surface area contributed by atoms with Gasteiger partial charge in [0.2, 0.25) is 0 Å². The van der Waals surface area contributed by atoms with Crippen LogP contribution in [0.4, 0.5) is 0 Å². The summed E-state index contributed by atoms with van der Waals surface area (Å²) in [5.41, 5.74) is 5.53. The number of unbranched alkanes of at least 4 members (excludes halogenated alkanes) is 2. The molecular formula is C14H32N2. The van der Waals surface area contributed by atoms with Crippen LogP contribution in [-0.4, -0.2) is 19.1 Å². The number of hydrogen-bond donors (Lipinski definition) is 2. The van der Waals surface area contributed by atoms with Crippen molar-refractivity contribution in [3.63, 3.8) is 0 Å². The smallest absolute Gasteiger partial charge is 0.00387 e. The Morgan fingerprint density at radius 1 is 1.00 bits per heavy atom. The van der Waals surface area contributed by atoms with Crippen molar-refractivity contribution in [2.75, 3.05) is 13.1 Å². The van der Waals surface area contributed by atoms with Crippen molar-refractivity contribution in [2.45, 2.75) is 71.8 Å². The van der Waals surface area contributed by atoms with E-state index in [0.717, 1.165) is 12.5 Å². The number of nitrogens with one attached hydrogen (secondary N) is 1. The largest absolute Gasteiger partial charge is 0.330 e. The summed E-state index contributed by atoms with van der Waals surface area (Å²) in [6, 6.07) is 0.691. The van der Waals surface area contributed by atoms with E-state index in [0.29, 0.717) is 6.04 Å². The Morgan fingerprint density at radius 3 is 2.38 bits per heavy atom. The fourth-order valence-corrected chi connectivity index (χ4v) is 2.03. The van der Waals surface area contributed by atoms with Crippen LogP contribution in [-0.2, 0) is 0 Å². The van der Waals surface area contributed by atoms with E-state index in [4.69, 9.17) is 5.73 Å². The third kappa shape index (κ3) is 10.4. The Labute approximate surface area is 102 Å². The Hall–Kier alpha value is -0.0800. The molecule has 0 aliphatic carbocycles. The molecule has 0 saturated heterocycles. The van der Waals surface area contributed by atoms with Crippen molar-refractivity contribution in [2.24, 2.45) is 11.7 Å². The van der Waals surface area contributed by atoms with Gasteiger partial charge in [-0.3, -0.25) is 0 Å². The predicted molar refractivity (Wildman–Crippen MR) is 73.7 cm³/mol. The topological polar surface area (TPSA) is 38.0 Å². The van der Waals surface area contributed by atoms with E-state index in [-0.39, 0.29) is 0 Å². The van der Waals surface area contributed by atoms with Crippen molar-refractivity contribution in [1.82, 2.24) is 5.32 Å². The minimum absolute atomic E-state index is 0.691. The predicted octanol–water partition coefficient (Wildman–Crippen LogP) is 3.31. The first-order valence-electron chi connectivity index (χ1n) is 7.14. The summed E-state index contributed by atoms with van der Waals surface area (Å²) >= 11 is 0. The molecule has 2 atom stereocenters. The first kappa shape index (κ1) is 15.9. The maximum absolute atomic E-state index is 5.53. The molecule has 0 heterocycles. The highest BCUT2D eigenvalue weighted by molar-refractivity contribution is 4.62. The molecule has 0 aliphatic rings. The molecule has 0 rings (SSSR count). The minimum Gasteiger partial charge on any atom is -0.330 e. The third-order valence-electron chi connectivity index (χ3n) is 3.27. The molecule has 3 N–H and O–H groups in total. The van der Waals surface area contributed by atoms with Crippen LogP contribution in [0.25, 0.3) is 0 Å². The normalized spacial score (nSPS) is 15.0. The monoisotopic (exact) mass is 228 g/mol. The van der Waals surface area contributed by atoms with Crippen molar-refractivity contribution in [1.29, 1.82) is 0 Å². The molecule has 0 fully saturated rings. The molecule has 0 spiro atoms. The van der Waals surface area contributed by atoms with Gasteiger partial charge in [0.25, 0.3) is 0 Å². The van der Waals surface area contributed by atoms with Gasteiger partial charge in [0.05, 0.1) is 0 Å². The maximum atomic E-state index is 5.53. The molecule has 2 heteroatoms. The first-order valence-corrected chi connectivity index (χ1v) is 7.14. The van der Waals surface area contributed by atoms with Gasteiger partial charge < -0.3 is 11.1 Å². The zero-order valence-electron chi connectivity index (χ0n) is 11.6. The van der Waals surface area contributed by atoms with Gasteiger partial charge in [-0.05, 0) is 51.6 Å². The van der Waals surface area contributed by atoms with Crippen molar-refractivity contribution >= 4 is 0 Å².